The first kappa shape index (κ1) is 26.2. The monoisotopic (exact) mass is 518 g/mol. The zero-order valence-corrected chi connectivity index (χ0v) is 22.3. The number of aliphatic carboxylic acids is 1. The standard InChI is InChI=1S/C29H38N6O3/c1-19(2)35-26-7-3-6-23(24(26)17-31-35)28(36)33-25(29(37)38)13-16-34-15-12-20(18-34)8-10-22-11-9-21-5-4-14-30-27(21)32-22/h3,6-7,9,11,17,19-20,25H,4-5,8,10,12-16,18H2,1-2H3,(H,30,32)(H,33,36)(H,37,38)/t20-,25?/m1/s1. The lowest BCUT2D eigenvalue weighted by atomic mass is 10.00. The maximum Gasteiger partial charge on any atom is 0.326 e. The third-order valence-electron chi connectivity index (χ3n) is 7.84. The van der Waals surface area contributed by atoms with Gasteiger partial charge >= 0.3 is 5.97 Å². The van der Waals surface area contributed by atoms with Gasteiger partial charge in [-0.2, -0.15) is 5.10 Å². The number of hydrogen-bond acceptors (Lipinski definition) is 6. The fraction of sp³-hybridized carbons (Fsp3) is 0.517. The fourth-order valence-electron chi connectivity index (χ4n) is 5.70. The maximum absolute atomic E-state index is 13.1. The van der Waals surface area contributed by atoms with Crippen molar-refractivity contribution in [2.75, 3.05) is 31.5 Å². The number of fused-ring (bicyclic) bond motifs is 2. The summed E-state index contributed by atoms with van der Waals surface area (Å²) in [4.78, 5) is 32.2. The highest BCUT2D eigenvalue weighted by molar-refractivity contribution is 6.07. The number of likely N-dealkylation sites (tertiary alicyclic amines) is 1. The molecule has 2 aliphatic rings. The molecule has 0 spiro atoms. The highest BCUT2D eigenvalue weighted by Gasteiger charge is 2.27. The van der Waals surface area contributed by atoms with Gasteiger partial charge in [0.1, 0.15) is 11.9 Å². The number of hydrogen-bond donors (Lipinski definition) is 3. The lowest BCUT2D eigenvalue weighted by Gasteiger charge is -2.20. The van der Waals surface area contributed by atoms with Crippen molar-refractivity contribution >= 4 is 28.6 Å². The number of anilines is 1. The molecule has 4 heterocycles. The molecule has 2 aliphatic heterocycles. The van der Waals surface area contributed by atoms with E-state index in [9.17, 15) is 14.7 Å². The summed E-state index contributed by atoms with van der Waals surface area (Å²) < 4.78 is 1.86. The summed E-state index contributed by atoms with van der Waals surface area (Å²) in [5, 5.41) is 21.1. The van der Waals surface area contributed by atoms with Crippen LogP contribution in [0.4, 0.5) is 5.82 Å². The van der Waals surface area contributed by atoms with Crippen molar-refractivity contribution in [2.45, 2.75) is 64.5 Å². The third kappa shape index (κ3) is 5.83. The Morgan fingerprint density at radius 1 is 1.24 bits per heavy atom. The Bertz CT molecular complexity index is 1300. The Hall–Kier alpha value is -3.46. The predicted molar refractivity (Wildman–Crippen MR) is 148 cm³/mol. The zero-order chi connectivity index (χ0) is 26.6. The number of pyridine rings is 1. The Morgan fingerprint density at radius 2 is 2.11 bits per heavy atom. The smallest absolute Gasteiger partial charge is 0.326 e. The van der Waals surface area contributed by atoms with Crippen LogP contribution in [0.15, 0.2) is 36.5 Å². The highest BCUT2D eigenvalue weighted by Crippen LogP contribution is 2.25. The molecular weight excluding hydrogens is 480 g/mol. The van der Waals surface area contributed by atoms with Crippen molar-refractivity contribution in [3.63, 3.8) is 0 Å². The summed E-state index contributed by atoms with van der Waals surface area (Å²) in [6, 6.07) is 9.05. The largest absolute Gasteiger partial charge is 0.480 e. The van der Waals surface area contributed by atoms with E-state index in [0.717, 1.165) is 67.7 Å². The second-order valence-electron chi connectivity index (χ2n) is 10.9. The lowest BCUT2D eigenvalue weighted by Crippen LogP contribution is -2.43. The first-order chi connectivity index (χ1) is 18.4. The average Bonchev–Trinajstić information content (AvgIpc) is 3.56. The number of aryl methyl sites for hydroxylation is 2. The Morgan fingerprint density at radius 3 is 2.92 bits per heavy atom. The van der Waals surface area contributed by atoms with Crippen LogP contribution in [0.3, 0.4) is 0 Å². The molecule has 1 amide bonds. The van der Waals surface area contributed by atoms with Crippen molar-refractivity contribution in [3.05, 3.63) is 53.3 Å². The molecule has 0 saturated carbocycles. The van der Waals surface area contributed by atoms with E-state index in [0.29, 0.717) is 24.4 Å². The number of rotatable bonds is 10. The van der Waals surface area contributed by atoms with Gasteiger partial charge in [-0.3, -0.25) is 9.48 Å². The molecule has 1 aromatic carbocycles. The molecule has 2 aromatic heterocycles. The van der Waals surface area contributed by atoms with Gasteiger partial charge in [-0.1, -0.05) is 12.1 Å². The number of carbonyl (C=O) groups excluding carboxylic acids is 1. The van der Waals surface area contributed by atoms with Gasteiger partial charge in [0.2, 0.25) is 0 Å². The zero-order valence-electron chi connectivity index (χ0n) is 22.3. The van der Waals surface area contributed by atoms with Gasteiger partial charge in [-0.25, -0.2) is 9.78 Å². The van der Waals surface area contributed by atoms with Crippen molar-refractivity contribution in [2.24, 2.45) is 5.92 Å². The number of nitrogens with zero attached hydrogens (tertiary/aromatic N) is 4. The van der Waals surface area contributed by atoms with E-state index in [1.807, 2.05) is 30.7 Å². The van der Waals surface area contributed by atoms with Crippen LogP contribution < -0.4 is 10.6 Å². The number of carboxylic acids is 1. The van der Waals surface area contributed by atoms with Crippen LogP contribution in [0.5, 0.6) is 0 Å². The van der Waals surface area contributed by atoms with Gasteiger partial charge in [0, 0.05) is 36.8 Å². The van der Waals surface area contributed by atoms with Gasteiger partial charge < -0.3 is 20.6 Å². The molecular formula is C29H38N6O3. The van der Waals surface area contributed by atoms with E-state index in [4.69, 9.17) is 4.98 Å². The topological polar surface area (TPSA) is 112 Å². The molecule has 1 saturated heterocycles. The van der Waals surface area contributed by atoms with Crippen LogP contribution in [0.1, 0.15) is 67.2 Å². The first-order valence-corrected chi connectivity index (χ1v) is 13.8. The minimum Gasteiger partial charge on any atom is -0.480 e. The van der Waals surface area contributed by atoms with Crippen molar-refractivity contribution in [1.29, 1.82) is 0 Å². The van der Waals surface area contributed by atoms with Crippen molar-refractivity contribution in [1.82, 2.24) is 25.0 Å². The van der Waals surface area contributed by atoms with Crippen molar-refractivity contribution in [3.8, 4) is 0 Å². The van der Waals surface area contributed by atoms with Crippen LogP contribution in [0.2, 0.25) is 0 Å². The Kier molecular flexibility index (Phi) is 7.93. The normalized spacial score (nSPS) is 18.3. The van der Waals surface area contributed by atoms with Crippen LogP contribution in [0.25, 0.3) is 10.9 Å². The molecule has 3 aromatic rings. The number of carbonyl (C=O) groups is 2. The Labute approximate surface area is 223 Å². The summed E-state index contributed by atoms with van der Waals surface area (Å²) >= 11 is 0. The van der Waals surface area contributed by atoms with E-state index in [-0.39, 0.29) is 11.9 Å². The summed E-state index contributed by atoms with van der Waals surface area (Å²) in [7, 11) is 0. The summed E-state index contributed by atoms with van der Waals surface area (Å²) in [6.07, 6.45) is 7.46. The number of carboxylic acid groups (broad SMARTS) is 1. The van der Waals surface area contributed by atoms with E-state index < -0.39 is 12.0 Å². The minimum absolute atomic E-state index is 0.160. The first-order valence-electron chi connectivity index (χ1n) is 13.8. The second-order valence-corrected chi connectivity index (χ2v) is 10.9. The van der Waals surface area contributed by atoms with Gasteiger partial charge in [0.25, 0.3) is 5.91 Å². The van der Waals surface area contributed by atoms with E-state index >= 15 is 0 Å². The summed E-state index contributed by atoms with van der Waals surface area (Å²) in [5.41, 5.74) is 3.77. The van der Waals surface area contributed by atoms with E-state index in [1.54, 1.807) is 12.3 Å². The van der Waals surface area contributed by atoms with Crippen LogP contribution in [-0.2, 0) is 17.6 Å². The van der Waals surface area contributed by atoms with Crippen LogP contribution >= 0.6 is 0 Å². The van der Waals surface area contributed by atoms with Crippen LogP contribution in [0, 0.1) is 5.92 Å². The molecule has 202 valence electrons. The molecule has 0 aliphatic carbocycles. The van der Waals surface area contributed by atoms with Gasteiger partial charge in [0.15, 0.2) is 0 Å². The number of amides is 1. The molecule has 3 N–H and O–H groups in total. The number of nitrogens with one attached hydrogen (secondary N) is 2. The number of benzene rings is 1. The molecule has 1 unspecified atom stereocenters. The summed E-state index contributed by atoms with van der Waals surface area (Å²) in [6.45, 7) is 7.62. The lowest BCUT2D eigenvalue weighted by molar-refractivity contribution is -0.139. The fourth-order valence-corrected chi connectivity index (χ4v) is 5.70. The maximum atomic E-state index is 13.1. The van der Waals surface area contributed by atoms with E-state index in [2.05, 4.69) is 32.8 Å². The molecule has 1 fully saturated rings. The molecule has 5 rings (SSSR count). The molecule has 38 heavy (non-hydrogen) atoms. The molecule has 2 atom stereocenters. The molecule has 0 bridgehead atoms. The third-order valence-corrected chi connectivity index (χ3v) is 7.84. The molecule has 0 radical (unpaired) electrons. The van der Waals surface area contributed by atoms with Gasteiger partial charge in [0.05, 0.1) is 17.3 Å². The quantitative estimate of drug-likeness (QED) is 0.373. The Balaban J connectivity index is 1.12. The SMILES string of the molecule is CC(C)n1ncc2c(C(=O)NC(CCN3CC[C@@H](CCc4ccc5c(n4)NCCC5)C3)C(=O)O)cccc21. The van der Waals surface area contributed by atoms with E-state index in [1.165, 1.54) is 12.0 Å². The average molecular weight is 519 g/mol. The summed E-state index contributed by atoms with van der Waals surface area (Å²) in [5.74, 6) is 0.242. The van der Waals surface area contributed by atoms with Gasteiger partial charge in [-0.15, -0.1) is 0 Å². The van der Waals surface area contributed by atoms with Gasteiger partial charge in [-0.05, 0) is 88.6 Å². The second kappa shape index (κ2) is 11.5. The minimum atomic E-state index is -1.01. The molecule has 9 heteroatoms. The van der Waals surface area contributed by atoms with Crippen molar-refractivity contribution < 1.29 is 14.7 Å². The molecule has 9 nitrogen and oxygen atoms in total. The predicted octanol–water partition coefficient (Wildman–Crippen LogP) is 3.90. The number of aromatic nitrogens is 3. The van der Waals surface area contributed by atoms with Crippen LogP contribution in [-0.4, -0.2) is 68.9 Å². The highest BCUT2D eigenvalue weighted by atomic mass is 16.4.